The van der Waals surface area contributed by atoms with E-state index in [9.17, 15) is 9.59 Å². The van der Waals surface area contributed by atoms with Crippen molar-refractivity contribution in [3.63, 3.8) is 0 Å². The summed E-state index contributed by atoms with van der Waals surface area (Å²) in [6.07, 6.45) is 7.35. The lowest BCUT2D eigenvalue weighted by Crippen LogP contribution is -2.40. The zero-order valence-corrected chi connectivity index (χ0v) is 21.6. The molecule has 0 aliphatic heterocycles. The molecule has 0 fully saturated rings. The van der Waals surface area contributed by atoms with E-state index in [4.69, 9.17) is 16.3 Å². The molecule has 0 aromatic carbocycles. The Morgan fingerprint density at radius 1 is 1.15 bits per heavy atom. The molecule has 0 saturated carbocycles. The van der Waals surface area contributed by atoms with Crippen LogP contribution in [0.5, 0.6) is 0 Å². The number of amides is 1. The van der Waals surface area contributed by atoms with Gasteiger partial charge in [-0.05, 0) is 38.5 Å². The molecule has 0 saturated heterocycles. The van der Waals surface area contributed by atoms with Crippen LogP contribution in [0.1, 0.15) is 91.1 Å². The minimum atomic E-state index is -0.659. The maximum absolute atomic E-state index is 12.8. The number of fused-ring (bicyclic) bond motifs is 1. The highest BCUT2D eigenvalue weighted by molar-refractivity contribution is 6.34. The van der Waals surface area contributed by atoms with Crippen molar-refractivity contribution in [1.29, 1.82) is 0 Å². The van der Waals surface area contributed by atoms with E-state index in [0.29, 0.717) is 43.1 Å². The predicted molar refractivity (Wildman–Crippen MR) is 130 cm³/mol. The number of ether oxygens (including phenoxy) is 1. The van der Waals surface area contributed by atoms with E-state index < -0.39 is 5.41 Å². The summed E-state index contributed by atoms with van der Waals surface area (Å²) in [6.45, 7) is 10.9. The maximum atomic E-state index is 12.8. The molecular formula is C24H40ClN5O3. The number of hydrogen-bond donors (Lipinski definition) is 2. The Labute approximate surface area is 202 Å². The summed E-state index contributed by atoms with van der Waals surface area (Å²) in [5.74, 6) is 0.263. The highest BCUT2D eigenvalue weighted by Crippen LogP contribution is 2.28. The number of aryl methyl sites for hydroxylation is 2. The Morgan fingerprint density at radius 2 is 1.88 bits per heavy atom. The number of H-pyrrole nitrogens is 1. The lowest BCUT2D eigenvalue weighted by atomic mass is 9.81. The van der Waals surface area contributed by atoms with E-state index in [1.807, 2.05) is 20.8 Å². The third-order valence-corrected chi connectivity index (χ3v) is 6.33. The van der Waals surface area contributed by atoms with Crippen LogP contribution in [0.25, 0.3) is 5.65 Å². The second kappa shape index (κ2) is 13.0. The summed E-state index contributed by atoms with van der Waals surface area (Å²) in [5, 5.41) is 11.2. The monoisotopic (exact) mass is 481 g/mol. The van der Waals surface area contributed by atoms with E-state index in [-0.39, 0.29) is 17.8 Å². The number of esters is 1. The first-order valence-corrected chi connectivity index (χ1v) is 12.7. The minimum absolute atomic E-state index is 0.0584. The van der Waals surface area contributed by atoms with Gasteiger partial charge in [0.25, 0.3) is 0 Å². The zero-order chi connectivity index (χ0) is 24.4. The second-order valence-corrected chi connectivity index (χ2v) is 9.72. The minimum Gasteiger partial charge on any atom is -0.465 e. The normalized spacial score (nSPS) is 12.8. The summed E-state index contributed by atoms with van der Waals surface area (Å²) in [4.78, 5) is 29.6. The lowest BCUT2D eigenvalue weighted by Gasteiger charge is -2.27. The SMILES string of the molecule is CCCCOC(=O)C(CC)CC(C)(C)C(=O)NCCCc1[nH]n2nc(CCCC)nc2c1Cl. The Balaban J connectivity index is 1.81. The van der Waals surface area contributed by atoms with Crippen molar-refractivity contribution >= 4 is 29.1 Å². The molecule has 1 atom stereocenters. The number of aromatic nitrogens is 4. The van der Waals surface area contributed by atoms with Gasteiger partial charge in [0, 0.05) is 18.4 Å². The number of carbonyl (C=O) groups is 2. The van der Waals surface area contributed by atoms with Crippen molar-refractivity contribution in [3.05, 3.63) is 16.5 Å². The lowest BCUT2D eigenvalue weighted by molar-refractivity contribution is -0.150. The van der Waals surface area contributed by atoms with Crippen molar-refractivity contribution in [2.24, 2.45) is 11.3 Å². The Morgan fingerprint density at radius 3 is 2.52 bits per heavy atom. The number of hydrogen-bond acceptors (Lipinski definition) is 5. The van der Waals surface area contributed by atoms with Crippen LogP contribution in [0, 0.1) is 11.3 Å². The van der Waals surface area contributed by atoms with Crippen LogP contribution in [-0.2, 0) is 27.2 Å². The molecule has 0 radical (unpaired) electrons. The van der Waals surface area contributed by atoms with Crippen LogP contribution in [0.15, 0.2) is 0 Å². The first-order valence-electron chi connectivity index (χ1n) is 12.3. The van der Waals surface area contributed by atoms with Crippen molar-refractivity contribution in [2.45, 2.75) is 92.4 Å². The van der Waals surface area contributed by atoms with Crippen LogP contribution in [0.2, 0.25) is 5.02 Å². The average Bonchev–Trinajstić information content (AvgIpc) is 3.31. The Bertz CT molecular complexity index is 905. The van der Waals surface area contributed by atoms with Crippen molar-refractivity contribution in [2.75, 3.05) is 13.2 Å². The van der Waals surface area contributed by atoms with Crippen LogP contribution < -0.4 is 5.32 Å². The molecule has 2 rings (SSSR count). The number of nitrogens with zero attached hydrogens (tertiary/aromatic N) is 3. The summed E-state index contributed by atoms with van der Waals surface area (Å²) < 4.78 is 7.00. The molecule has 33 heavy (non-hydrogen) atoms. The third kappa shape index (κ3) is 7.73. The quantitative estimate of drug-likeness (QED) is 0.278. The number of nitrogens with one attached hydrogen (secondary N) is 2. The number of rotatable bonds is 15. The van der Waals surface area contributed by atoms with Gasteiger partial charge in [0.2, 0.25) is 5.91 Å². The van der Waals surface area contributed by atoms with E-state index in [2.05, 4.69) is 34.3 Å². The van der Waals surface area contributed by atoms with Gasteiger partial charge in [-0.3, -0.25) is 14.7 Å². The standard InChI is InChI=1S/C24H40ClN5O3/c1-6-9-13-19-27-21-20(25)18(28-30(21)29-19)12-11-14-26-23(32)24(4,5)16-17(8-3)22(31)33-15-10-7-2/h17,28H,6-16H2,1-5H3,(H,26,32). The van der Waals surface area contributed by atoms with Gasteiger partial charge in [-0.25, -0.2) is 4.98 Å². The molecule has 1 unspecified atom stereocenters. The highest BCUT2D eigenvalue weighted by atomic mass is 35.5. The summed E-state index contributed by atoms with van der Waals surface area (Å²) >= 11 is 6.48. The fraction of sp³-hybridized carbons (Fsp3) is 0.750. The van der Waals surface area contributed by atoms with Crippen molar-refractivity contribution < 1.29 is 14.3 Å². The van der Waals surface area contributed by atoms with E-state index in [1.54, 1.807) is 4.63 Å². The average molecular weight is 482 g/mol. The fourth-order valence-corrected chi connectivity index (χ4v) is 4.00. The van der Waals surface area contributed by atoms with E-state index in [0.717, 1.165) is 50.0 Å². The Kier molecular flexibility index (Phi) is 10.7. The zero-order valence-electron chi connectivity index (χ0n) is 20.8. The topological polar surface area (TPSA) is 101 Å². The summed E-state index contributed by atoms with van der Waals surface area (Å²) in [6, 6.07) is 0. The van der Waals surface area contributed by atoms with E-state index in [1.165, 1.54) is 0 Å². The molecule has 0 aliphatic rings. The molecule has 2 N–H and O–H groups in total. The fourth-order valence-electron chi connectivity index (χ4n) is 3.74. The number of unbranched alkanes of at least 4 members (excludes halogenated alkanes) is 2. The molecular weight excluding hydrogens is 442 g/mol. The van der Waals surface area contributed by atoms with Gasteiger partial charge >= 0.3 is 5.97 Å². The third-order valence-electron chi connectivity index (χ3n) is 5.94. The van der Waals surface area contributed by atoms with Gasteiger partial charge < -0.3 is 10.1 Å². The molecule has 0 bridgehead atoms. The number of carbonyl (C=O) groups excluding carboxylic acids is 2. The van der Waals surface area contributed by atoms with Gasteiger partial charge in [0.15, 0.2) is 11.5 Å². The molecule has 1 amide bonds. The van der Waals surface area contributed by atoms with Gasteiger partial charge in [-0.1, -0.05) is 59.1 Å². The molecule has 186 valence electrons. The predicted octanol–water partition coefficient (Wildman–Crippen LogP) is 4.89. The number of aromatic amines is 1. The molecule has 0 aliphatic carbocycles. The molecule has 2 aromatic rings. The van der Waals surface area contributed by atoms with Gasteiger partial charge in [0.05, 0.1) is 18.2 Å². The van der Waals surface area contributed by atoms with Crippen LogP contribution in [0.3, 0.4) is 0 Å². The van der Waals surface area contributed by atoms with Crippen molar-refractivity contribution in [3.8, 4) is 0 Å². The molecule has 9 heteroatoms. The van der Waals surface area contributed by atoms with Gasteiger partial charge in [0.1, 0.15) is 5.02 Å². The van der Waals surface area contributed by atoms with Crippen LogP contribution >= 0.6 is 11.6 Å². The largest absolute Gasteiger partial charge is 0.465 e. The van der Waals surface area contributed by atoms with Gasteiger partial charge in [-0.15, -0.1) is 5.10 Å². The molecule has 2 heterocycles. The van der Waals surface area contributed by atoms with Gasteiger partial charge in [-0.2, -0.15) is 4.63 Å². The summed E-state index contributed by atoms with van der Waals surface area (Å²) in [5.41, 5.74) is 0.857. The first-order chi connectivity index (χ1) is 15.7. The van der Waals surface area contributed by atoms with Crippen molar-refractivity contribution in [1.82, 2.24) is 25.1 Å². The molecule has 2 aromatic heterocycles. The summed E-state index contributed by atoms with van der Waals surface area (Å²) in [7, 11) is 0. The van der Waals surface area contributed by atoms with E-state index >= 15 is 0 Å². The first kappa shape index (κ1) is 27.2. The molecule has 0 spiro atoms. The highest BCUT2D eigenvalue weighted by Gasteiger charge is 2.33. The molecule has 8 nitrogen and oxygen atoms in total. The smallest absolute Gasteiger partial charge is 0.308 e. The number of halogens is 1. The second-order valence-electron chi connectivity index (χ2n) is 9.35. The Hall–Kier alpha value is -2.09. The van der Waals surface area contributed by atoms with Crippen LogP contribution in [-0.4, -0.2) is 44.8 Å². The van der Waals surface area contributed by atoms with Crippen LogP contribution in [0.4, 0.5) is 0 Å². The maximum Gasteiger partial charge on any atom is 0.308 e.